The maximum absolute atomic E-state index is 11.9. The van der Waals surface area contributed by atoms with Crippen LogP contribution in [0.3, 0.4) is 0 Å². The minimum absolute atomic E-state index is 0.247. The van der Waals surface area contributed by atoms with Crippen LogP contribution in [0.4, 0.5) is 5.69 Å². The number of hydrogen-bond acceptors (Lipinski definition) is 5. The van der Waals surface area contributed by atoms with E-state index in [-0.39, 0.29) is 10.6 Å². The summed E-state index contributed by atoms with van der Waals surface area (Å²) in [5.74, 6) is 0. The van der Waals surface area contributed by atoms with Crippen LogP contribution in [0.15, 0.2) is 29.3 Å². The third kappa shape index (κ3) is 3.38. The Morgan fingerprint density at radius 1 is 1.26 bits per heavy atom. The Bertz CT molecular complexity index is 752. The van der Waals surface area contributed by atoms with Crippen LogP contribution in [0.2, 0.25) is 5.02 Å². The second-order valence-electron chi connectivity index (χ2n) is 5.80. The summed E-state index contributed by atoms with van der Waals surface area (Å²) >= 11 is 6.18. The van der Waals surface area contributed by atoms with Gasteiger partial charge in [-0.15, -0.1) is 0 Å². The highest BCUT2D eigenvalue weighted by molar-refractivity contribution is 6.33. The summed E-state index contributed by atoms with van der Waals surface area (Å²) in [4.78, 5) is 20.8. The van der Waals surface area contributed by atoms with Crippen molar-refractivity contribution in [2.24, 2.45) is 7.05 Å². The fourth-order valence-corrected chi connectivity index (χ4v) is 3.06. The number of nitrogens with zero attached hydrogens (tertiary/aromatic N) is 5. The minimum atomic E-state index is -0.254. The molecule has 2 aromatic rings. The summed E-state index contributed by atoms with van der Waals surface area (Å²) in [6.45, 7) is 6.39. The molecule has 1 aliphatic heterocycles. The first-order valence-electron chi connectivity index (χ1n) is 7.66. The van der Waals surface area contributed by atoms with Crippen molar-refractivity contribution >= 4 is 17.3 Å². The zero-order chi connectivity index (χ0) is 16.4. The molecular weight excluding hydrogens is 314 g/mol. The van der Waals surface area contributed by atoms with E-state index >= 15 is 0 Å². The van der Waals surface area contributed by atoms with Gasteiger partial charge in [-0.05, 0) is 18.6 Å². The van der Waals surface area contributed by atoms with Gasteiger partial charge in [0.25, 0.3) is 5.56 Å². The summed E-state index contributed by atoms with van der Waals surface area (Å²) in [6, 6.07) is 4.05. The third-order valence-corrected chi connectivity index (χ3v) is 4.62. The van der Waals surface area contributed by atoms with Gasteiger partial charge in [-0.2, -0.15) is 5.10 Å². The largest absolute Gasteiger partial charge is 0.366 e. The van der Waals surface area contributed by atoms with Gasteiger partial charge in [0.15, 0.2) is 0 Å². The molecule has 6 nitrogen and oxygen atoms in total. The predicted molar refractivity (Wildman–Crippen MR) is 91.0 cm³/mol. The fourth-order valence-electron chi connectivity index (χ4n) is 2.77. The van der Waals surface area contributed by atoms with Gasteiger partial charge in [-0.25, -0.2) is 4.68 Å². The maximum Gasteiger partial charge on any atom is 0.287 e. The lowest BCUT2D eigenvalue weighted by atomic mass is 10.2. The van der Waals surface area contributed by atoms with E-state index in [1.807, 2.05) is 12.3 Å². The van der Waals surface area contributed by atoms with Crippen LogP contribution in [0.25, 0.3) is 0 Å². The fraction of sp³-hybridized carbons (Fsp3) is 0.438. The van der Waals surface area contributed by atoms with Crippen LogP contribution < -0.4 is 10.5 Å². The van der Waals surface area contributed by atoms with Gasteiger partial charge < -0.3 is 4.90 Å². The van der Waals surface area contributed by atoms with Crippen LogP contribution >= 0.6 is 11.6 Å². The Morgan fingerprint density at radius 2 is 2.00 bits per heavy atom. The number of aryl methyl sites for hydroxylation is 2. The van der Waals surface area contributed by atoms with Crippen LogP contribution in [-0.2, 0) is 13.6 Å². The van der Waals surface area contributed by atoms with E-state index < -0.39 is 0 Å². The van der Waals surface area contributed by atoms with Gasteiger partial charge in [0.05, 0.1) is 17.6 Å². The number of halogens is 1. The van der Waals surface area contributed by atoms with Crippen molar-refractivity contribution in [3.05, 3.63) is 51.2 Å². The van der Waals surface area contributed by atoms with Crippen molar-refractivity contribution in [2.75, 3.05) is 31.1 Å². The van der Waals surface area contributed by atoms with Crippen LogP contribution in [0.5, 0.6) is 0 Å². The van der Waals surface area contributed by atoms with Gasteiger partial charge in [0.1, 0.15) is 5.02 Å². The lowest BCUT2D eigenvalue weighted by Crippen LogP contribution is -2.46. The lowest BCUT2D eigenvalue weighted by molar-refractivity contribution is 0.246. The molecule has 0 aromatic carbocycles. The molecule has 1 fully saturated rings. The van der Waals surface area contributed by atoms with Crippen molar-refractivity contribution in [1.29, 1.82) is 0 Å². The molecule has 3 heterocycles. The zero-order valence-corrected chi connectivity index (χ0v) is 14.1. The first kappa shape index (κ1) is 16.0. The van der Waals surface area contributed by atoms with E-state index in [0.717, 1.165) is 44.1 Å². The van der Waals surface area contributed by atoms with E-state index in [4.69, 9.17) is 11.6 Å². The molecule has 122 valence electrons. The molecular formula is C16H20ClN5O. The SMILES string of the molecule is Cc1cccnc1CN1CCN(c2cnn(C)c(=O)c2Cl)CC1. The smallest absolute Gasteiger partial charge is 0.287 e. The molecule has 0 bridgehead atoms. The molecule has 2 aromatic heterocycles. The highest BCUT2D eigenvalue weighted by atomic mass is 35.5. The highest BCUT2D eigenvalue weighted by Gasteiger charge is 2.21. The molecule has 0 unspecified atom stereocenters. The molecule has 0 aliphatic carbocycles. The van der Waals surface area contributed by atoms with Crippen LogP contribution in [0, 0.1) is 6.92 Å². The van der Waals surface area contributed by atoms with Crippen molar-refractivity contribution in [1.82, 2.24) is 19.7 Å². The average Bonchev–Trinajstić information content (AvgIpc) is 2.56. The highest BCUT2D eigenvalue weighted by Crippen LogP contribution is 2.22. The summed E-state index contributed by atoms with van der Waals surface area (Å²) in [6.07, 6.45) is 3.51. The number of piperazine rings is 1. The van der Waals surface area contributed by atoms with Crippen LogP contribution in [0.1, 0.15) is 11.3 Å². The summed E-state index contributed by atoms with van der Waals surface area (Å²) in [5.41, 5.74) is 2.81. The predicted octanol–water partition coefficient (Wildman–Crippen LogP) is 1.46. The van der Waals surface area contributed by atoms with E-state index in [9.17, 15) is 4.79 Å². The molecule has 0 amide bonds. The Kier molecular flexibility index (Phi) is 4.63. The first-order valence-corrected chi connectivity index (χ1v) is 8.03. The van der Waals surface area contributed by atoms with Crippen molar-refractivity contribution in [2.45, 2.75) is 13.5 Å². The van der Waals surface area contributed by atoms with Crippen LogP contribution in [-0.4, -0.2) is 45.8 Å². The lowest BCUT2D eigenvalue weighted by Gasteiger charge is -2.36. The monoisotopic (exact) mass is 333 g/mol. The molecule has 0 N–H and O–H groups in total. The third-order valence-electron chi connectivity index (χ3n) is 4.26. The molecule has 23 heavy (non-hydrogen) atoms. The number of aromatic nitrogens is 3. The van der Waals surface area contributed by atoms with E-state index in [1.165, 1.54) is 10.2 Å². The molecule has 0 atom stereocenters. The standard InChI is InChI=1S/C16H20ClN5O/c1-12-4-3-5-18-13(12)11-21-6-8-22(9-7-21)14-10-19-20(2)16(23)15(14)17/h3-5,10H,6-9,11H2,1-2H3. The maximum atomic E-state index is 11.9. The van der Waals surface area contributed by atoms with E-state index in [0.29, 0.717) is 0 Å². The zero-order valence-electron chi connectivity index (χ0n) is 13.4. The Hall–Kier alpha value is -1.92. The molecule has 7 heteroatoms. The number of rotatable bonds is 3. The molecule has 3 rings (SSSR count). The van der Waals surface area contributed by atoms with Gasteiger partial charge in [0, 0.05) is 46.0 Å². The molecule has 0 radical (unpaired) electrons. The number of hydrogen-bond donors (Lipinski definition) is 0. The topological polar surface area (TPSA) is 54.3 Å². The summed E-state index contributed by atoms with van der Waals surface area (Å²) in [5, 5.41) is 4.31. The minimum Gasteiger partial charge on any atom is -0.366 e. The summed E-state index contributed by atoms with van der Waals surface area (Å²) < 4.78 is 1.26. The molecule has 1 aliphatic rings. The summed E-state index contributed by atoms with van der Waals surface area (Å²) in [7, 11) is 1.60. The first-order chi connectivity index (χ1) is 11.1. The Labute approximate surface area is 140 Å². The molecule has 0 spiro atoms. The number of anilines is 1. The normalized spacial score (nSPS) is 15.9. The van der Waals surface area contributed by atoms with Crippen molar-refractivity contribution in [3.63, 3.8) is 0 Å². The van der Waals surface area contributed by atoms with Crippen molar-refractivity contribution < 1.29 is 0 Å². The Morgan fingerprint density at radius 3 is 2.70 bits per heavy atom. The Balaban J connectivity index is 1.66. The molecule has 0 saturated carbocycles. The average molecular weight is 334 g/mol. The van der Waals surface area contributed by atoms with Gasteiger partial charge in [0.2, 0.25) is 0 Å². The molecule has 1 saturated heterocycles. The van der Waals surface area contributed by atoms with E-state index in [2.05, 4.69) is 32.9 Å². The van der Waals surface area contributed by atoms with Gasteiger partial charge >= 0.3 is 0 Å². The van der Waals surface area contributed by atoms with Gasteiger partial charge in [-0.1, -0.05) is 17.7 Å². The second-order valence-corrected chi connectivity index (χ2v) is 6.18. The van der Waals surface area contributed by atoms with E-state index in [1.54, 1.807) is 13.2 Å². The van der Waals surface area contributed by atoms with Crippen molar-refractivity contribution in [3.8, 4) is 0 Å². The second kappa shape index (κ2) is 6.68. The number of pyridine rings is 1. The van der Waals surface area contributed by atoms with Gasteiger partial charge in [-0.3, -0.25) is 14.7 Å². The quantitative estimate of drug-likeness (QED) is 0.851.